The van der Waals surface area contributed by atoms with Crippen LogP contribution in [0.2, 0.25) is 0 Å². The summed E-state index contributed by atoms with van der Waals surface area (Å²) in [5, 5.41) is 0. The second-order valence-electron chi connectivity index (χ2n) is 10.2. The van der Waals surface area contributed by atoms with Crippen LogP contribution in [0, 0.1) is 35.0 Å². The summed E-state index contributed by atoms with van der Waals surface area (Å²) in [4.78, 5) is 0. The first-order valence-electron chi connectivity index (χ1n) is 10.7. The van der Waals surface area contributed by atoms with Crippen molar-refractivity contribution in [2.24, 2.45) is 35.0 Å². The van der Waals surface area contributed by atoms with Gasteiger partial charge in [0.05, 0.1) is 0 Å². The first-order valence-corrected chi connectivity index (χ1v) is 10.7. The molecule has 1 saturated carbocycles. The molecule has 0 aromatic rings. The maximum atomic E-state index is 2.51. The van der Waals surface area contributed by atoms with Crippen molar-refractivity contribution >= 4 is 0 Å². The van der Waals surface area contributed by atoms with Crippen LogP contribution in [-0.2, 0) is 0 Å². The molecule has 5 atom stereocenters. The fraction of sp³-hybridized carbons (Fsp3) is 1.00. The molecule has 138 valence electrons. The van der Waals surface area contributed by atoms with Crippen LogP contribution in [0.1, 0.15) is 113 Å². The van der Waals surface area contributed by atoms with Crippen LogP contribution in [0.25, 0.3) is 0 Å². The van der Waals surface area contributed by atoms with Crippen molar-refractivity contribution in [3.63, 3.8) is 0 Å². The minimum atomic E-state index is 0.511. The smallest absolute Gasteiger partial charge is 0.0383 e. The molecule has 0 bridgehead atoms. The average molecular weight is 323 g/mol. The Labute approximate surface area is 148 Å². The maximum Gasteiger partial charge on any atom is -0.0383 e. The predicted octanol–water partition coefficient (Wildman–Crippen LogP) is 8.11. The van der Waals surface area contributed by atoms with Crippen LogP contribution in [-0.4, -0.2) is 0 Å². The molecule has 0 N–H and O–H groups in total. The standard InChI is InChI=1S/C23H46/c1-8-10-18(2)19(3)11-9-12-21-14-13-20(4)22(17-21)15-16-23(5,6)7/h18-22H,8-17H2,1-7H3/t18?,19?,20-,21?,22?/m1/s1. The zero-order valence-electron chi connectivity index (χ0n) is 17.5. The molecule has 0 heterocycles. The van der Waals surface area contributed by atoms with Crippen molar-refractivity contribution in [2.45, 2.75) is 113 Å². The molecule has 23 heavy (non-hydrogen) atoms. The lowest BCUT2D eigenvalue weighted by Crippen LogP contribution is -2.24. The Balaban J connectivity index is 2.29. The fourth-order valence-corrected chi connectivity index (χ4v) is 4.55. The molecular weight excluding hydrogens is 276 g/mol. The first-order chi connectivity index (χ1) is 10.7. The lowest BCUT2D eigenvalue weighted by atomic mass is 9.70. The maximum absolute atomic E-state index is 2.51. The Kier molecular flexibility index (Phi) is 9.24. The van der Waals surface area contributed by atoms with E-state index in [4.69, 9.17) is 0 Å². The highest BCUT2D eigenvalue weighted by Gasteiger charge is 2.28. The van der Waals surface area contributed by atoms with Crippen molar-refractivity contribution < 1.29 is 0 Å². The summed E-state index contributed by atoms with van der Waals surface area (Å²) in [5.74, 6) is 4.85. The average Bonchev–Trinajstić information content (AvgIpc) is 2.46. The van der Waals surface area contributed by atoms with E-state index in [-0.39, 0.29) is 0 Å². The molecule has 1 aliphatic rings. The summed E-state index contributed by atoms with van der Waals surface area (Å²) in [6.45, 7) is 17.0. The summed E-state index contributed by atoms with van der Waals surface area (Å²) in [7, 11) is 0. The van der Waals surface area contributed by atoms with Gasteiger partial charge in [0, 0.05) is 0 Å². The Morgan fingerprint density at radius 1 is 0.957 bits per heavy atom. The van der Waals surface area contributed by atoms with Gasteiger partial charge in [0.25, 0.3) is 0 Å². The van der Waals surface area contributed by atoms with Gasteiger partial charge in [0.1, 0.15) is 0 Å². The second-order valence-corrected chi connectivity index (χ2v) is 10.2. The molecule has 4 unspecified atom stereocenters. The lowest BCUT2D eigenvalue weighted by molar-refractivity contribution is 0.155. The van der Waals surface area contributed by atoms with E-state index >= 15 is 0 Å². The summed E-state index contributed by atoms with van der Waals surface area (Å²) in [6, 6.07) is 0. The Morgan fingerprint density at radius 3 is 2.22 bits per heavy atom. The van der Waals surface area contributed by atoms with Crippen LogP contribution in [0.15, 0.2) is 0 Å². The van der Waals surface area contributed by atoms with Crippen LogP contribution < -0.4 is 0 Å². The summed E-state index contributed by atoms with van der Waals surface area (Å²) >= 11 is 0. The molecule has 1 aliphatic carbocycles. The molecule has 0 saturated heterocycles. The fourth-order valence-electron chi connectivity index (χ4n) is 4.55. The lowest BCUT2D eigenvalue weighted by Gasteiger charge is -2.36. The largest absolute Gasteiger partial charge is 0.0654 e. The summed E-state index contributed by atoms with van der Waals surface area (Å²) in [6.07, 6.45) is 14.6. The third-order valence-corrected chi connectivity index (χ3v) is 6.72. The van der Waals surface area contributed by atoms with Crippen molar-refractivity contribution in [1.29, 1.82) is 0 Å². The van der Waals surface area contributed by atoms with Gasteiger partial charge < -0.3 is 0 Å². The van der Waals surface area contributed by atoms with Crippen molar-refractivity contribution in [3.05, 3.63) is 0 Å². The summed E-state index contributed by atoms with van der Waals surface area (Å²) in [5.41, 5.74) is 0.511. The molecular formula is C23H46. The van der Waals surface area contributed by atoms with Crippen molar-refractivity contribution in [1.82, 2.24) is 0 Å². The molecule has 0 nitrogen and oxygen atoms in total. The van der Waals surface area contributed by atoms with E-state index in [1.165, 1.54) is 64.2 Å². The van der Waals surface area contributed by atoms with Gasteiger partial charge in [-0.15, -0.1) is 0 Å². The van der Waals surface area contributed by atoms with Gasteiger partial charge in [-0.3, -0.25) is 0 Å². The SMILES string of the molecule is CCCC(C)C(C)CCCC1CC[C@@H](C)C(CCC(C)(C)C)C1. The molecule has 0 aromatic carbocycles. The molecule has 0 aromatic heterocycles. The van der Waals surface area contributed by atoms with Gasteiger partial charge in [-0.1, -0.05) is 93.4 Å². The van der Waals surface area contributed by atoms with Gasteiger partial charge in [0.15, 0.2) is 0 Å². The minimum absolute atomic E-state index is 0.511. The van der Waals surface area contributed by atoms with E-state index < -0.39 is 0 Å². The van der Waals surface area contributed by atoms with E-state index in [9.17, 15) is 0 Å². The monoisotopic (exact) mass is 322 g/mol. The Morgan fingerprint density at radius 2 is 1.61 bits per heavy atom. The highest BCUT2D eigenvalue weighted by atomic mass is 14.3. The van der Waals surface area contributed by atoms with Crippen molar-refractivity contribution in [2.75, 3.05) is 0 Å². The zero-order valence-corrected chi connectivity index (χ0v) is 17.5. The van der Waals surface area contributed by atoms with E-state index in [0.717, 1.165) is 29.6 Å². The summed E-state index contributed by atoms with van der Waals surface area (Å²) < 4.78 is 0. The predicted molar refractivity (Wildman–Crippen MR) is 106 cm³/mol. The van der Waals surface area contributed by atoms with Crippen LogP contribution in [0.4, 0.5) is 0 Å². The highest BCUT2D eigenvalue weighted by Crippen LogP contribution is 2.40. The van der Waals surface area contributed by atoms with E-state index in [1.807, 2.05) is 0 Å². The minimum Gasteiger partial charge on any atom is -0.0654 e. The van der Waals surface area contributed by atoms with Crippen LogP contribution >= 0.6 is 0 Å². The third-order valence-electron chi connectivity index (χ3n) is 6.72. The van der Waals surface area contributed by atoms with Gasteiger partial charge in [0.2, 0.25) is 0 Å². The number of hydrogen-bond acceptors (Lipinski definition) is 0. The highest BCUT2D eigenvalue weighted by molar-refractivity contribution is 4.80. The second kappa shape index (κ2) is 10.1. The third kappa shape index (κ3) is 8.59. The molecule has 1 fully saturated rings. The number of hydrogen-bond donors (Lipinski definition) is 0. The molecule has 0 radical (unpaired) electrons. The Bertz CT molecular complexity index is 298. The van der Waals surface area contributed by atoms with Crippen LogP contribution in [0.5, 0.6) is 0 Å². The van der Waals surface area contributed by atoms with Gasteiger partial charge in [-0.2, -0.15) is 0 Å². The number of rotatable bonds is 9. The Hall–Kier alpha value is 0. The van der Waals surface area contributed by atoms with Crippen molar-refractivity contribution in [3.8, 4) is 0 Å². The molecule has 0 amide bonds. The molecule has 0 aliphatic heterocycles. The van der Waals surface area contributed by atoms with Gasteiger partial charge in [-0.05, 0) is 54.3 Å². The molecule has 1 rings (SSSR count). The zero-order chi connectivity index (χ0) is 17.5. The van der Waals surface area contributed by atoms with E-state index in [0.29, 0.717) is 5.41 Å². The van der Waals surface area contributed by atoms with Crippen LogP contribution in [0.3, 0.4) is 0 Å². The first kappa shape index (κ1) is 21.0. The molecule has 0 spiro atoms. The quantitative estimate of drug-likeness (QED) is 0.402. The normalized spacial score (nSPS) is 28.6. The molecule has 0 heteroatoms. The van der Waals surface area contributed by atoms with Gasteiger partial charge in [-0.25, -0.2) is 0 Å². The van der Waals surface area contributed by atoms with E-state index in [1.54, 1.807) is 0 Å². The topological polar surface area (TPSA) is 0 Å². The van der Waals surface area contributed by atoms with Gasteiger partial charge >= 0.3 is 0 Å². The van der Waals surface area contributed by atoms with E-state index in [2.05, 4.69) is 48.5 Å².